The summed E-state index contributed by atoms with van der Waals surface area (Å²) in [5.74, 6) is -3.42. The molecule has 0 aromatic heterocycles. The van der Waals surface area contributed by atoms with E-state index in [1.165, 1.54) is 12.1 Å². The van der Waals surface area contributed by atoms with E-state index in [0.29, 0.717) is 12.2 Å². The molecule has 1 heterocycles. The lowest BCUT2D eigenvalue weighted by Crippen LogP contribution is -2.49. The first kappa shape index (κ1) is 16.2. The Morgan fingerprint density at radius 2 is 2.00 bits per heavy atom. The van der Waals surface area contributed by atoms with Crippen LogP contribution >= 0.6 is 0 Å². The summed E-state index contributed by atoms with van der Waals surface area (Å²) in [6, 6.07) is 5.99. The second-order valence-electron chi connectivity index (χ2n) is 5.35. The van der Waals surface area contributed by atoms with Crippen LogP contribution in [0, 0.1) is 0 Å². The average molecular weight is 318 g/mol. The van der Waals surface area contributed by atoms with E-state index in [2.05, 4.69) is 0 Å². The van der Waals surface area contributed by atoms with Crippen LogP contribution in [0.25, 0.3) is 0 Å². The first-order valence-corrected chi connectivity index (χ1v) is 8.53. The Balaban J connectivity index is 2.53. The van der Waals surface area contributed by atoms with Gasteiger partial charge >= 0.3 is 5.76 Å². The molecule has 1 aliphatic heterocycles. The van der Waals surface area contributed by atoms with Crippen LogP contribution in [0.5, 0.6) is 0 Å². The van der Waals surface area contributed by atoms with E-state index >= 15 is 0 Å². The Morgan fingerprint density at radius 1 is 1.33 bits per heavy atom. The molecular formula is C14H20F2N2O2S. The third kappa shape index (κ3) is 3.03. The van der Waals surface area contributed by atoms with Crippen molar-refractivity contribution < 1.29 is 17.2 Å². The summed E-state index contributed by atoms with van der Waals surface area (Å²) < 4.78 is 49.6. The highest BCUT2D eigenvalue weighted by Crippen LogP contribution is 2.35. The van der Waals surface area contributed by atoms with Crippen molar-refractivity contribution in [2.24, 2.45) is 5.73 Å². The Kier molecular flexibility index (Phi) is 4.83. The first-order valence-electron chi connectivity index (χ1n) is 6.99. The molecule has 0 aliphatic carbocycles. The molecule has 0 amide bonds. The van der Waals surface area contributed by atoms with Crippen LogP contribution in [0.1, 0.15) is 26.2 Å². The Bertz CT molecular complexity index is 592. The van der Waals surface area contributed by atoms with E-state index in [1.54, 1.807) is 12.1 Å². The second-order valence-corrected chi connectivity index (χ2v) is 7.24. The third-order valence-corrected chi connectivity index (χ3v) is 5.41. The standard InChI is InChI=1S/C14H20F2N2O2S/c1-10-5-4-6-11(9-17)18(10)12-7-2-3-8-13(12)21(19,20)14(15)16/h2-3,7-8,10-11,14H,4-6,9,17H2,1H3. The predicted octanol–water partition coefficient (Wildman–Crippen LogP) is 2.39. The van der Waals surface area contributed by atoms with Gasteiger partial charge in [-0.3, -0.25) is 0 Å². The molecule has 1 aromatic rings. The predicted molar refractivity (Wildman–Crippen MR) is 78.3 cm³/mol. The van der Waals surface area contributed by atoms with E-state index in [9.17, 15) is 17.2 Å². The molecule has 1 fully saturated rings. The molecule has 0 spiro atoms. The van der Waals surface area contributed by atoms with Crippen molar-refractivity contribution in [2.75, 3.05) is 11.4 Å². The maximum atomic E-state index is 12.9. The van der Waals surface area contributed by atoms with Gasteiger partial charge in [-0.25, -0.2) is 8.42 Å². The van der Waals surface area contributed by atoms with Crippen LogP contribution in [-0.2, 0) is 9.84 Å². The second kappa shape index (κ2) is 6.27. The largest absolute Gasteiger partial charge is 0.364 e. The van der Waals surface area contributed by atoms with Crippen LogP contribution < -0.4 is 10.6 Å². The number of para-hydroxylation sites is 1. The van der Waals surface area contributed by atoms with Crippen molar-refractivity contribution in [3.63, 3.8) is 0 Å². The highest BCUT2D eigenvalue weighted by Gasteiger charge is 2.34. The number of nitrogens with zero attached hydrogens (tertiary/aromatic N) is 1. The minimum atomic E-state index is -4.63. The van der Waals surface area contributed by atoms with Crippen molar-refractivity contribution >= 4 is 15.5 Å². The number of nitrogens with two attached hydrogens (primary N) is 1. The topological polar surface area (TPSA) is 63.4 Å². The highest BCUT2D eigenvalue weighted by molar-refractivity contribution is 7.91. The molecular weight excluding hydrogens is 298 g/mol. The van der Waals surface area contributed by atoms with Gasteiger partial charge in [-0.1, -0.05) is 12.1 Å². The van der Waals surface area contributed by atoms with Gasteiger partial charge in [0.1, 0.15) is 0 Å². The molecule has 1 aliphatic rings. The summed E-state index contributed by atoms with van der Waals surface area (Å²) in [5, 5.41) is 0. The lowest BCUT2D eigenvalue weighted by Gasteiger charge is -2.42. The molecule has 2 unspecified atom stereocenters. The monoisotopic (exact) mass is 318 g/mol. The zero-order valence-electron chi connectivity index (χ0n) is 11.9. The van der Waals surface area contributed by atoms with Gasteiger partial charge in [0, 0.05) is 18.6 Å². The quantitative estimate of drug-likeness (QED) is 0.926. The Labute approximate surface area is 123 Å². The maximum Gasteiger partial charge on any atom is 0.341 e. The zero-order chi connectivity index (χ0) is 15.6. The number of alkyl halides is 2. The van der Waals surface area contributed by atoms with E-state index in [4.69, 9.17) is 5.73 Å². The number of sulfone groups is 1. The zero-order valence-corrected chi connectivity index (χ0v) is 12.7. The van der Waals surface area contributed by atoms with Crippen LogP contribution in [-0.4, -0.2) is 32.8 Å². The Morgan fingerprint density at radius 3 is 2.62 bits per heavy atom. The van der Waals surface area contributed by atoms with Crippen LogP contribution in [0.4, 0.5) is 14.5 Å². The lowest BCUT2D eigenvalue weighted by atomic mass is 9.95. The molecule has 1 aromatic carbocycles. The van der Waals surface area contributed by atoms with Gasteiger partial charge in [-0.15, -0.1) is 0 Å². The number of piperidine rings is 1. The van der Waals surface area contributed by atoms with Crippen LogP contribution in [0.2, 0.25) is 0 Å². The fourth-order valence-electron chi connectivity index (χ4n) is 2.96. The molecule has 7 heteroatoms. The van der Waals surface area contributed by atoms with Crippen molar-refractivity contribution in [3.8, 4) is 0 Å². The average Bonchev–Trinajstić information content (AvgIpc) is 2.46. The molecule has 4 nitrogen and oxygen atoms in total. The minimum absolute atomic E-state index is 0.0252. The summed E-state index contributed by atoms with van der Waals surface area (Å²) >= 11 is 0. The summed E-state index contributed by atoms with van der Waals surface area (Å²) in [6.07, 6.45) is 2.73. The fraction of sp³-hybridized carbons (Fsp3) is 0.571. The molecule has 0 saturated carbocycles. The lowest BCUT2D eigenvalue weighted by molar-refractivity contribution is 0.234. The van der Waals surface area contributed by atoms with Gasteiger partial charge in [-0.05, 0) is 38.3 Å². The number of benzene rings is 1. The maximum absolute atomic E-state index is 12.9. The van der Waals surface area contributed by atoms with Crippen molar-refractivity contribution in [2.45, 2.75) is 48.9 Å². The third-order valence-electron chi connectivity index (χ3n) is 3.98. The molecule has 1 saturated heterocycles. The highest BCUT2D eigenvalue weighted by atomic mass is 32.2. The van der Waals surface area contributed by atoms with Crippen LogP contribution in [0.3, 0.4) is 0 Å². The summed E-state index contributed by atoms with van der Waals surface area (Å²) in [6.45, 7) is 2.33. The van der Waals surface area contributed by atoms with E-state index in [0.717, 1.165) is 19.3 Å². The van der Waals surface area contributed by atoms with Crippen molar-refractivity contribution in [3.05, 3.63) is 24.3 Å². The van der Waals surface area contributed by atoms with E-state index in [1.807, 2.05) is 11.8 Å². The molecule has 21 heavy (non-hydrogen) atoms. The van der Waals surface area contributed by atoms with Gasteiger partial charge < -0.3 is 10.6 Å². The SMILES string of the molecule is CC1CCCC(CN)N1c1ccccc1S(=O)(=O)C(F)F. The number of hydrogen-bond acceptors (Lipinski definition) is 4. The molecule has 2 atom stereocenters. The molecule has 0 bridgehead atoms. The van der Waals surface area contributed by atoms with E-state index in [-0.39, 0.29) is 17.0 Å². The molecule has 2 N–H and O–H groups in total. The summed E-state index contributed by atoms with van der Waals surface area (Å²) in [5.41, 5.74) is 6.11. The van der Waals surface area contributed by atoms with Crippen molar-refractivity contribution in [1.29, 1.82) is 0 Å². The van der Waals surface area contributed by atoms with Crippen LogP contribution in [0.15, 0.2) is 29.2 Å². The molecule has 2 rings (SSSR count). The van der Waals surface area contributed by atoms with Gasteiger partial charge in [-0.2, -0.15) is 8.78 Å². The normalized spacial score (nSPS) is 23.6. The van der Waals surface area contributed by atoms with Gasteiger partial charge in [0.15, 0.2) is 0 Å². The van der Waals surface area contributed by atoms with Gasteiger partial charge in [0.05, 0.1) is 10.6 Å². The summed E-state index contributed by atoms with van der Waals surface area (Å²) in [7, 11) is -4.63. The van der Waals surface area contributed by atoms with Gasteiger partial charge in [0.2, 0.25) is 9.84 Å². The Hall–Kier alpha value is -1.21. The first-order chi connectivity index (χ1) is 9.89. The number of halogens is 2. The fourth-order valence-corrected chi connectivity index (χ4v) is 3.88. The minimum Gasteiger partial charge on any atom is -0.364 e. The molecule has 0 radical (unpaired) electrons. The smallest absolute Gasteiger partial charge is 0.341 e. The molecule has 118 valence electrons. The van der Waals surface area contributed by atoms with Gasteiger partial charge in [0.25, 0.3) is 0 Å². The number of hydrogen-bond donors (Lipinski definition) is 1. The number of anilines is 1. The summed E-state index contributed by atoms with van der Waals surface area (Å²) in [4.78, 5) is 1.57. The number of rotatable bonds is 4. The van der Waals surface area contributed by atoms with Crippen molar-refractivity contribution in [1.82, 2.24) is 0 Å². The van der Waals surface area contributed by atoms with E-state index < -0.39 is 15.6 Å².